The van der Waals surface area contributed by atoms with E-state index in [1.54, 1.807) is 27.2 Å². The smallest absolute Gasteiger partial charge is 0.240 e. The average Bonchev–Trinajstić information content (AvgIpc) is 2.92. The third-order valence-corrected chi connectivity index (χ3v) is 3.24. The van der Waals surface area contributed by atoms with Crippen LogP contribution in [0.3, 0.4) is 0 Å². The Kier molecular flexibility index (Phi) is 5.59. The van der Waals surface area contributed by atoms with Crippen molar-refractivity contribution in [2.75, 3.05) is 33.1 Å². The number of hydrogen-bond donors (Lipinski definition) is 1. The lowest BCUT2D eigenvalue weighted by Gasteiger charge is -2.18. The molecule has 0 saturated heterocycles. The lowest BCUT2D eigenvalue weighted by molar-refractivity contribution is -0.117. The van der Waals surface area contributed by atoms with Crippen LogP contribution in [-0.2, 0) is 11.3 Å². The summed E-state index contributed by atoms with van der Waals surface area (Å²) in [5.74, 6) is 1.63. The normalized spacial score (nSPS) is 10.7. The van der Waals surface area contributed by atoms with E-state index in [0.717, 1.165) is 22.8 Å². The van der Waals surface area contributed by atoms with E-state index in [-0.39, 0.29) is 12.5 Å². The molecule has 1 N–H and O–H groups in total. The summed E-state index contributed by atoms with van der Waals surface area (Å²) in [6.45, 7) is 2.58. The second-order valence-electron chi connectivity index (χ2n) is 5.23. The van der Waals surface area contributed by atoms with Crippen molar-refractivity contribution in [1.29, 1.82) is 0 Å². The van der Waals surface area contributed by atoms with Gasteiger partial charge in [0.05, 0.1) is 26.5 Å². The van der Waals surface area contributed by atoms with Crippen molar-refractivity contribution in [1.82, 2.24) is 10.1 Å². The number of carbonyl (C=O) groups excluding carboxylic acids is 1. The van der Waals surface area contributed by atoms with E-state index in [0.29, 0.717) is 12.4 Å². The number of aryl methyl sites for hydroxylation is 1. The maximum atomic E-state index is 12.0. The van der Waals surface area contributed by atoms with E-state index in [2.05, 4.69) is 10.5 Å². The highest BCUT2D eigenvalue weighted by Gasteiger charge is 2.12. The van der Waals surface area contributed by atoms with Crippen molar-refractivity contribution in [3.05, 3.63) is 35.5 Å². The molecule has 23 heavy (non-hydrogen) atoms. The first-order valence-electron chi connectivity index (χ1n) is 7.14. The number of aromatic nitrogens is 1. The molecule has 1 aromatic carbocycles. The number of anilines is 1. The number of nitrogens with one attached hydrogen (secondary N) is 1. The monoisotopic (exact) mass is 319 g/mol. The van der Waals surface area contributed by atoms with Crippen LogP contribution in [0.4, 0.5) is 5.88 Å². The highest BCUT2D eigenvalue weighted by atomic mass is 16.5. The van der Waals surface area contributed by atoms with Crippen LogP contribution in [0.15, 0.2) is 28.8 Å². The standard InChI is InChI=1S/C16H21N3O4/c1-11-7-16(23-18-11)17-15(20)10-19(2)9-12-5-6-13(21-3)8-14(12)22-4/h5-8H,9-10H2,1-4H3,(H,17,20). The van der Waals surface area contributed by atoms with Crippen LogP contribution < -0.4 is 14.8 Å². The lowest BCUT2D eigenvalue weighted by atomic mass is 10.2. The zero-order valence-electron chi connectivity index (χ0n) is 13.8. The van der Waals surface area contributed by atoms with E-state index < -0.39 is 0 Å². The predicted molar refractivity (Wildman–Crippen MR) is 85.7 cm³/mol. The van der Waals surface area contributed by atoms with Gasteiger partial charge < -0.3 is 14.0 Å². The molecule has 0 aliphatic carbocycles. The molecular weight excluding hydrogens is 298 g/mol. The van der Waals surface area contributed by atoms with Gasteiger partial charge in [0.25, 0.3) is 0 Å². The van der Waals surface area contributed by atoms with Gasteiger partial charge in [0.15, 0.2) is 0 Å². The van der Waals surface area contributed by atoms with Gasteiger partial charge in [-0.15, -0.1) is 0 Å². The zero-order valence-corrected chi connectivity index (χ0v) is 13.8. The fourth-order valence-electron chi connectivity index (χ4n) is 2.17. The number of amides is 1. The van der Waals surface area contributed by atoms with Crippen molar-refractivity contribution < 1.29 is 18.8 Å². The molecule has 0 spiro atoms. The minimum absolute atomic E-state index is 0.170. The van der Waals surface area contributed by atoms with Crippen LogP contribution in [-0.4, -0.2) is 43.8 Å². The highest BCUT2D eigenvalue weighted by Crippen LogP contribution is 2.25. The minimum Gasteiger partial charge on any atom is -0.497 e. The molecule has 0 radical (unpaired) electrons. The van der Waals surface area contributed by atoms with E-state index in [4.69, 9.17) is 14.0 Å². The van der Waals surface area contributed by atoms with Gasteiger partial charge in [-0.1, -0.05) is 11.2 Å². The molecule has 0 unspecified atom stereocenters. The molecule has 0 saturated carbocycles. The van der Waals surface area contributed by atoms with Crippen molar-refractivity contribution in [2.24, 2.45) is 0 Å². The molecule has 1 heterocycles. The molecule has 7 nitrogen and oxygen atoms in total. The fraction of sp³-hybridized carbons (Fsp3) is 0.375. The van der Waals surface area contributed by atoms with E-state index >= 15 is 0 Å². The van der Waals surface area contributed by atoms with Gasteiger partial charge in [-0.05, 0) is 20.0 Å². The summed E-state index contributed by atoms with van der Waals surface area (Å²) < 4.78 is 15.5. The second kappa shape index (κ2) is 7.64. The van der Waals surface area contributed by atoms with Gasteiger partial charge in [0.1, 0.15) is 11.5 Å². The summed E-state index contributed by atoms with van der Waals surface area (Å²) in [5.41, 5.74) is 1.69. The lowest BCUT2D eigenvalue weighted by Crippen LogP contribution is -2.29. The van der Waals surface area contributed by atoms with Gasteiger partial charge in [-0.3, -0.25) is 15.0 Å². The molecular formula is C16H21N3O4. The quantitative estimate of drug-likeness (QED) is 0.842. The Morgan fingerprint density at radius 1 is 1.30 bits per heavy atom. The summed E-state index contributed by atoms with van der Waals surface area (Å²) >= 11 is 0. The number of likely N-dealkylation sites (N-methyl/N-ethyl adjacent to an activating group) is 1. The Bertz CT molecular complexity index is 669. The van der Waals surface area contributed by atoms with Gasteiger partial charge in [-0.25, -0.2) is 0 Å². The van der Waals surface area contributed by atoms with Crippen LogP contribution in [0.1, 0.15) is 11.3 Å². The first kappa shape index (κ1) is 16.8. The Labute approximate surface area is 135 Å². The van der Waals surface area contributed by atoms with Crippen LogP contribution in [0.5, 0.6) is 11.5 Å². The molecule has 124 valence electrons. The van der Waals surface area contributed by atoms with E-state index in [9.17, 15) is 4.79 Å². The number of nitrogens with zero attached hydrogens (tertiary/aromatic N) is 2. The molecule has 2 aromatic rings. The zero-order chi connectivity index (χ0) is 16.8. The average molecular weight is 319 g/mol. The molecule has 1 aromatic heterocycles. The fourth-order valence-corrected chi connectivity index (χ4v) is 2.17. The summed E-state index contributed by atoms with van der Waals surface area (Å²) in [6.07, 6.45) is 0. The Morgan fingerprint density at radius 2 is 2.09 bits per heavy atom. The van der Waals surface area contributed by atoms with Crippen LogP contribution in [0.25, 0.3) is 0 Å². The maximum Gasteiger partial charge on any atom is 0.240 e. The van der Waals surface area contributed by atoms with Gasteiger partial charge in [0, 0.05) is 24.2 Å². The van der Waals surface area contributed by atoms with Gasteiger partial charge in [0.2, 0.25) is 11.8 Å². The number of hydrogen-bond acceptors (Lipinski definition) is 6. The highest BCUT2D eigenvalue weighted by molar-refractivity contribution is 5.90. The SMILES string of the molecule is COc1ccc(CN(C)CC(=O)Nc2cc(C)no2)c(OC)c1. The predicted octanol–water partition coefficient (Wildman–Crippen LogP) is 2.07. The first-order chi connectivity index (χ1) is 11.0. The molecule has 0 aliphatic rings. The molecule has 0 bridgehead atoms. The van der Waals surface area contributed by atoms with Crippen molar-refractivity contribution in [3.8, 4) is 11.5 Å². The summed E-state index contributed by atoms with van der Waals surface area (Å²) in [5, 5.41) is 6.39. The number of methoxy groups -OCH3 is 2. The second-order valence-corrected chi connectivity index (χ2v) is 5.23. The summed E-state index contributed by atoms with van der Waals surface area (Å²) in [7, 11) is 5.07. The topological polar surface area (TPSA) is 76.8 Å². The first-order valence-corrected chi connectivity index (χ1v) is 7.14. The third kappa shape index (κ3) is 4.72. The Balaban J connectivity index is 1.93. The molecule has 7 heteroatoms. The summed E-state index contributed by atoms with van der Waals surface area (Å²) in [4.78, 5) is 13.9. The number of ether oxygens (including phenoxy) is 2. The molecule has 0 aliphatic heterocycles. The maximum absolute atomic E-state index is 12.0. The van der Waals surface area contributed by atoms with Gasteiger partial charge in [-0.2, -0.15) is 0 Å². The van der Waals surface area contributed by atoms with Gasteiger partial charge >= 0.3 is 0 Å². The minimum atomic E-state index is -0.170. The molecule has 0 fully saturated rings. The number of carbonyl (C=O) groups is 1. The third-order valence-electron chi connectivity index (χ3n) is 3.24. The molecule has 1 amide bonds. The van der Waals surface area contributed by atoms with Crippen molar-refractivity contribution in [3.63, 3.8) is 0 Å². The Morgan fingerprint density at radius 3 is 2.70 bits per heavy atom. The van der Waals surface area contributed by atoms with E-state index in [1.807, 2.05) is 30.1 Å². The number of benzene rings is 1. The van der Waals surface area contributed by atoms with Crippen molar-refractivity contribution >= 4 is 11.8 Å². The molecule has 0 atom stereocenters. The Hall–Kier alpha value is -2.54. The van der Waals surface area contributed by atoms with Crippen LogP contribution >= 0.6 is 0 Å². The largest absolute Gasteiger partial charge is 0.497 e. The summed E-state index contributed by atoms with van der Waals surface area (Å²) in [6, 6.07) is 7.28. The number of rotatable bonds is 7. The van der Waals surface area contributed by atoms with E-state index in [1.165, 1.54) is 0 Å². The van der Waals surface area contributed by atoms with Crippen LogP contribution in [0.2, 0.25) is 0 Å². The van der Waals surface area contributed by atoms with Crippen LogP contribution in [0, 0.1) is 6.92 Å². The van der Waals surface area contributed by atoms with Crippen molar-refractivity contribution in [2.45, 2.75) is 13.5 Å². The molecule has 2 rings (SSSR count).